The van der Waals surface area contributed by atoms with Crippen molar-refractivity contribution in [2.24, 2.45) is 0 Å². The number of halogens is 2. The van der Waals surface area contributed by atoms with Gasteiger partial charge < -0.3 is 24.6 Å². The maximum Gasteiger partial charge on any atom is 0.326 e. The fraction of sp³-hybridized carbons (Fsp3) is 0.167. The zero-order valence-electron chi connectivity index (χ0n) is 22.1. The zero-order valence-corrected chi connectivity index (χ0v) is 24.4. The van der Waals surface area contributed by atoms with E-state index in [1.165, 1.54) is 11.8 Å². The number of carboxylic acid groups (broad SMARTS) is 1. The van der Waals surface area contributed by atoms with E-state index < -0.39 is 17.9 Å². The van der Waals surface area contributed by atoms with Crippen LogP contribution in [-0.2, 0) is 17.8 Å². The lowest BCUT2D eigenvalue weighted by Gasteiger charge is -2.17. The lowest BCUT2D eigenvalue weighted by atomic mass is 10.1. The normalized spacial score (nSPS) is 11.4. The molecule has 0 saturated heterocycles. The molecule has 4 aromatic rings. The highest BCUT2D eigenvalue weighted by Crippen LogP contribution is 2.37. The summed E-state index contributed by atoms with van der Waals surface area (Å²) in [5.74, 6) is 0.0283. The van der Waals surface area contributed by atoms with Crippen LogP contribution in [0.1, 0.15) is 21.5 Å². The first kappa shape index (κ1) is 30.0. The molecule has 0 spiro atoms. The Kier molecular flexibility index (Phi) is 10.3. The van der Waals surface area contributed by atoms with E-state index in [1.54, 1.807) is 93.2 Å². The molecule has 0 aliphatic rings. The number of aromatic nitrogens is 1. The lowest BCUT2D eigenvalue weighted by molar-refractivity contribution is -0.139. The second-order valence-corrected chi connectivity index (χ2v) is 10.5. The maximum absolute atomic E-state index is 13.2. The first-order valence-electron chi connectivity index (χ1n) is 12.3. The van der Waals surface area contributed by atoms with Crippen molar-refractivity contribution in [3.63, 3.8) is 0 Å². The number of carboxylic acids is 1. The number of pyridine rings is 1. The Morgan fingerprint density at radius 2 is 1.66 bits per heavy atom. The number of hydrogen-bond acceptors (Lipinski definition) is 7. The van der Waals surface area contributed by atoms with Crippen molar-refractivity contribution in [2.75, 3.05) is 14.2 Å². The number of carbonyl (C=O) groups excluding carboxylic acids is 1. The smallest absolute Gasteiger partial charge is 0.326 e. The number of ether oxygens (including phenoxy) is 3. The number of aliphatic carboxylic acids is 1. The van der Waals surface area contributed by atoms with Crippen LogP contribution < -0.4 is 19.5 Å². The molecule has 4 rings (SSSR count). The van der Waals surface area contributed by atoms with E-state index in [0.717, 1.165) is 0 Å². The van der Waals surface area contributed by atoms with Crippen LogP contribution in [0.2, 0.25) is 10.0 Å². The van der Waals surface area contributed by atoms with E-state index in [0.29, 0.717) is 48.3 Å². The van der Waals surface area contributed by atoms with Crippen molar-refractivity contribution in [2.45, 2.75) is 29.0 Å². The van der Waals surface area contributed by atoms with Gasteiger partial charge in [-0.2, -0.15) is 0 Å². The number of hydrogen-bond donors (Lipinski definition) is 2. The number of methoxy groups -OCH3 is 2. The molecule has 41 heavy (non-hydrogen) atoms. The number of nitrogens with zero attached hydrogens (tertiary/aromatic N) is 1. The van der Waals surface area contributed by atoms with Gasteiger partial charge >= 0.3 is 5.97 Å². The molecule has 3 aromatic carbocycles. The van der Waals surface area contributed by atoms with Gasteiger partial charge in [-0.05, 0) is 60.2 Å². The Balaban J connectivity index is 1.44. The zero-order chi connectivity index (χ0) is 29.4. The summed E-state index contributed by atoms with van der Waals surface area (Å²) < 4.78 is 16.5. The summed E-state index contributed by atoms with van der Waals surface area (Å²) >= 11 is 13.6. The molecule has 1 amide bonds. The fourth-order valence-corrected chi connectivity index (χ4v) is 5.36. The van der Waals surface area contributed by atoms with Crippen molar-refractivity contribution in [3.05, 3.63) is 106 Å². The number of carbonyl (C=O) groups is 2. The van der Waals surface area contributed by atoms with Crippen molar-refractivity contribution < 1.29 is 28.9 Å². The van der Waals surface area contributed by atoms with E-state index in [1.807, 2.05) is 0 Å². The second kappa shape index (κ2) is 14.1. The highest BCUT2D eigenvalue weighted by atomic mass is 35.5. The molecule has 0 radical (unpaired) electrons. The first-order valence-corrected chi connectivity index (χ1v) is 13.9. The Morgan fingerprint density at radius 3 is 2.32 bits per heavy atom. The van der Waals surface area contributed by atoms with Crippen LogP contribution in [0.15, 0.2) is 88.9 Å². The quantitative estimate of drug-likeness (QED) is 0.185. The van der Waals surface area contributed by atoms with Gasteiger partial charge in [0.05, 0.1) is 24.7 Å². The topological polar surface area (TPSA) is 107 Å². The van der Waals surface area contributed by atoms with E-state index in [-0.39, 0.29) is 18.6 Å². The van der Waals surface area contributed by atoms with E-state index in [4.69, 9.17) is 37.4 Å². The molecule has 8 nitrogen and oxygen atoms in total. The van der Waals surface area contributed by atoms with Gasteiger partial charge in [-0.1, -0.05) is 53.2 Å². The van der Waals surface area contributed by atoms with Crippen LogP contribution >= 0.6 is 35.0 Å². The molecule has 212 valence electrons. The van der Waals surface area contributed by atoms with Crippen LogP contribution in [0.25, 0.3) is 0 Å². The van der Waals surface area contributed by atoms with Gasteiger partial charge in [0.2, 0.25) is 0 Å². The Labute approximate surface area is 251 Å². The van der Waals surface area contributed by atoms with Crippen molar-refractivity contribution in [1.29, 1.82) is 0 Å². The summed E-state index contributed by atoms with van der Waals surface area (Å²) in [6.45, 7) is 0.179. The summed E-state index contributed by atoms with van der Waals surface area (Å²) in [5.41, 5.74) is 1.60. The molecule has 0 saturated carbocycles. The molecule has 0 aliphatic heterocycles. The Morgan fingerprint density at radius 1 is 0.951 bits per heavy atom. The third kappa shape index (κ3) is 7.85. The molecule has 0 bridgehead atoms. The van der Waals surface area contributed by atoms with E-state index in [9.17, 15) is 14.7 Å². The van der Waals surface area contributed by atoms with Crippen LogP contribution in [0.4, 0.5) is 0 Å². The van der Waals surface area contributed by atoms with E-state index in [2.05, 4.69) is 10.3 Å². The number of amides is 1. The molecule has 0 fully saturated rings. The van der Waals surface area contributed by atoms with Crippen LogP contribution in [0.5, 0.6) is 17.2 Å². The summed E-state index contributed by atoms with van der Waals surface area (Å²) in [5, 5.41) is 13.9. The minimum Gasteiger partial charge on any atom is -0.497 e. The second-order valence-electron chi connectivity index (χ2n) is 8.68. The summed E-state index contributed by atoms with van der Waals surface area (Å²) in [7, 11) is 3.10. The van der Waals surface area contributed by atoms with Gasteiger partial charge in [-0.3, -0.25) is 4.79 Å². The first-order chi connectivity index (χ1) is 19.8. The summed E-state index contributed by atoms with van der Waals surface area (Å²) in [4.78, 5) is 30.4. The average Bonchev–Trinajstić information content (AvgIpc) is 2.97. The molecule has 1 heterocycles. The third-order valence-corrected chi connectivity index (χ3v) is 7.77. The minimum atomic E-state index is -1.18. The minimum absolute atomic E-state index is 0.0597. The van der Waals surface area contributed by atoms with Crippen molar-refractivity contribution in [3.8, 4) is 17.2 Å². The van der Waals surface area contributed by atoms with Crippen molar-refractivity contribution in [1.82, 2.24) is 10.3 Å². The Bertz CT molecular complexity index is 1510. The van der Waals surface area contributed by atoms with Gasteiger partial charge in [-0.25, -0.2) is 9.78 Å². The van der Waals surface area contributed by atoms with Crippen LogP contribution in [0, 0.1) is 0 Å². The van der Waals surface area contributed by atoms with E-state index >= 15 is 0 Å². The number of benzene rings is 3. The standard InChI is InChI=1S/C30H26Cl2N2O6S/c1-38-20-12-13-26(39-2)27(16-20)41-29-21(5-4-14-33-29)28(35)34-25(30(36)37)15-18-8-10-19(11-9-18)40-17-22-23(31)6-3-7-24(22)32/h3-14,16,25H,15,17H2,1-2H3,(H,34,35)(H,36,37). The molecule has 1 atom stereocenters. The molecule has 1 aromatic heterocycles. The summed E-state index contributed by atoms with van der Waals surface area (Å²) in [6.07, 6.45) is 1.62. The lowest BCUT2D eigenvalue weighted by Crippen LogP contribution is -2.42. The molecular weight excluding hydrogens is 587 g/mol. The van der Waals surface area contributed by atoms with Crippen LogP contribution in [-0.4, -0.2) is 42.2 Å². The predicted molar refractivity (Wildman–Crippen MR) is 158 cm³/mol. The third-order valence-electron chi connectivity index (χ3n) is 6.00. The molecule has 11 heteroatoms. The summed E-state index contributed by atoms with van der Waals surface area (Å²) in [6, 6.07) is 19.5. The molecule has 1 unspecified atom stereocenters. The van der Waals surface area contributed by atoms with Gasteiger partial charge in [0.15, 0.2) is 0 Å². The number of rotatable bonds is 12. The molecule has 2 N–H and O–H groups in total. The van der Waals surface area contributed by atoms with Gasteiger partial charge in [0.1, 0.15) is 34.9 Å². The highest BCUT2D eigenvalue weighted by Gasteiger charge is 2.24. The van der Waals surface area contributed by atoms with Crippen LogP contribution in [0.3, 0.4) is 0 Å². The number of nitrogens with one attached hydrogen (secondary N) is 1. The fourth-order valence-electron chi connectivity index (χ4n) is 3.83. The Hall–Kier alpha value is -3.92. The van der Waals surface area contributed by atoms with Crippen molar-refractivity contribution >= 4 is 46.8 Å². The average molecular weight is 614 g/mol. The SMILES string of the molecule is COc1ccc(OC)c(Sc2ncccc2C(=O)NC(Cc2ccc(OCc3c(Cl)cccc3Cl)cc2)C(=O)O)c1. The maximum atomic E-state index is 13.2. The molecule has 0 aliphatic carbocycles. The largest absolute Gasteiger partial charge is 0.497 e. The predicted octanol–water partition coefficient (Wildman–Crippen LogP) is 6.56. The monoisotopic (exact) mass is 612 g/mol. The van der Waals surface area contributed by atoms with Gasteiger partial charge in [0, 0.05) is 28.2 Å². The highest BCUT2D eigenvalue weighted by molar-refractivity contribution is 7.99. The van der Waals surface area contributed by atoms with Gasteiger partial charge in [-0.15, -0.1) is 0 Å². The van der Waals surface area contributed by atoms with Gasteiger partial charge in [0.25, 0.3) is 5.91 Å². The molecular formula is C30H26Cl2N2O6S.